The molecule has 0 amide bonds. The lowest BCUT2D eigenvalue weighted by molar-refractivity contribution is 0.418. The number of hydrogen-bond acceptors (Lipinski definition) is 9. The fourth-order valence-corrected chi connectivity index (χ4v) is 3.88. The fourth-order valence-electron chi connectivity index (χ4n) is 2.19. The van der Waals surface area contributed by atoms with Crippen LogP contribution in [0, 0.1) is 6.92 Å². The Balaban J connectivity index is 1.38. The summed E-state index contributed by atoms with van der Waals surface area (Å²) in [6.07, 6.45) is 0.532. The highest BCUT2D eigenvalue weighted by Gasteiger charge is 2.14. The summed E-state index contributed by atoms with van der Waals surface area (Å²) in [7, 11) is 0. The Bertz CT molecular complexity index is 1030. The molecule has 1 aromatic carbocycles. The van der Waals surface area contributed by atoms with Crippen molar-refractivity contribution in [3.05, 3.63) is 56.6 Å². The van der Waals surface area contributed by atoms with Gasteiger partial charge in [-0.25, -0.2) is 4.98 Å². The smallest absolute Gasteiger partial charge is 0.277 e. The Morgan fingerprint density at radius 3 is 2.73 bits per heavy atom. The molecule has 0 fully saturated rings. The van der Waals surface area contributed by atoms with Crippen molar-refractivity contribution in [1.82, 2.24) is 25.4 Å². The molecule has 10 heteroatoms. The molecule has 0 unspecified atom stereocenters. The number of halogens is 1. The molecule has 0 aliphatic heterocycles. The van der Waals surface area contributed by atoms with Gasteiger partial charge in [0.2, 0.25) is 17.7 Å². The molecule has 7 nitrogen and oxygen atoms in total. The van der Waals surface area contributed by atoms with E-state index in [-0.39, 0.29) is 0 Å². The van der Waals surface area contributed by atoms with Gasteiger partial charge in [0.1, 0.15) is 0 Å². The summed E-state index contributed by atoms with van der Waals surface area (Å²) in [6.45, 7) is 1.97. The maximum atomic E-state index is 5.71. The Morgan fingerprint density at radius 2 is 1.92 bits per heavy atom. The third-order valence-corrected chi connectivity index (χ3v) is 5.65. The van der Waals surface area contributed by atoms with Crippen molar-refractivity contribution >= 4 is 39.0 Å². The lowest BCUT2D eigenvalue weighted by atomic mass is 10.2. The fraction of sp³-hybridized carbons (Fsp3) is 0.188. The predicted molar refractivity (Wildman–Crippen MR) is 101 cm³/mol. The van der Waals surface area contributed by atoms with Crippen molar-refractivity contribution in [1.29, 1.82) is 0 Å². The van der Waals surface area contributed by atoms with Crippen LogP contribution in [0.15, 0.2) is 48.2 Å². The van der Waals surface area contributed by atoms with Crippen LogP contribution in [-0.4, -0.2) is 25.4 Å². The van der Waals surface area contributed by atoms with Crippen molar-refractivity contribution in [2.45, 2.75) is 24.3 Å². The van der Waals surface area contributed by atoms with Crippen molar-refractivity contribution in [3.8, 4) is 11.5 Å². The van der Waals surface area contributed by atoms with Gasteiger partial charge in [-0.05, 0) is 35.0 Å². The van der Waals surface area contributed by atoms with Crippen LogP contribution in [0.5, 0.6) is 0 Å². The van der Waals surface area contributed by atoms with Gasteiger partial charge in [0.05, 0.1) is 28.4 Å². The Kier molecular flexibility index (Phi) is 5.14. The molecular formula is C16H12BrN5O2S2. The van der Waals surface area contributed by atoms with Crippen molar-refractivity contribution in [2.75, 3.05) is 0 Å². The molecule has 0 bridgehead atoms. The summed E-state index contributed by atoms with van der Waals surface area (Å²) in [5, 5.41) is 19.7. The second-order valence-corrected chi connectivity index (χ2v) is 8.11. The molecule has 0 aliphatic rings. The Hall–Kier alpha value is -2.04. The number of benzene rings is 1. The SMILES string of the molecule is Cc1nc(Cc2nnc(SCc3nnc(-c4ccccc4Br)o3)o2)cs1. The molecule has 0 atom stereocenters. The van der Waals surface area contributed by atoms with Crippen LogP contribution in [0.2, 0.25) is 0 Å². The van der Waals surface area contributed by atoms with Crippen LogP contribution < -0.4 is 0 Å². The quantitative estimate of drug-likeness (QED) is 0.396. The van der Waals surface area contributed by atoms with E-state index < -0.39 is 0 Å². The molecule has 0 spiro atoms. The molecule has 0 saturated heterocycles. The van der Waals surface area contributed by atoms with E-state index in [0.717, 1.165) is 20.7 Å². The van der Waals surface area contributed by atoms with Gasteiger partial charge in [0, 0.05) is 9.85 Å². The van der Waals surface area contributed by atoms with E-state index in [1.165, 1.54) is 11.8 Å². The molecule has 0 N–H and O–H groups in total. The summed E-state index contributed by atoms with van der Waals surface area (Å²) in [5.74, 6) is 1.96. The topological polar surface area (TPSA) is 90.7 Å². The minimum absolute atomic E-state index is 0.453. The zero-order chi connectivity index (χ0) is 17.9. The van der Waals surface area contributed by atoms with Gasteiger partial charge in [0.15, 0.2) is 0 Å². The zero-order valence-corrected chi connectivity index (χ0v) is 16.8. The average Bonchev–Trinajstić information content (AvgIpc) is 3.36. The van der Waals surface area contributed by atoms with E-state index in [4.69, 9.17) is 8.83 Å². The highest BCUT2D eigenvalue weighted by molar-refractivity contribution is 9.10. The summed E-state index contributed by atoms with van der Waals surface area (Å²) in [6, 6.07) is 7.69. The highest BCUT2D eigenvalue weighted by atomic mass is 79.9. The summed E-state index contributed by atoms with van der Waals surface area (Å²) < 4.78 is 12.2. The third kappa shape index (κ3) is 4.02. The van der Waals surface area contributed by atoms with Gasteiger partial charge >= 0.3 is 0 Å². The first-order valence-corrected chi connectivity index (χ1v) is 10.3. The molecule has 3 aromatic heterocycles. The molecule has 0 saturated carbocycles. The first-order chi connectivity index (χ1) is 12.7. The Labute approximate surface area is 165 Å². The van der Waals surface area contributed by atoms with Gasteiger partial charge in [-0.1, -0.05) is 23.9 Å². The lowest BCUT2D eigenvalue weighted by Gasteiger charge is -1.97. The number of thiazole rings is 1. The molecule has 3 heterocycles. The highest BCUT2D eigenvalue weighted by Crippen LogP contribution is 2.28. The standard InChI is InChI=1S/C16H12BrN5O2S2/c1-9-18-10(7-25-9)6-13-19-22-16(24-13)26-8-14-20-21-15(23-14)11-4-2-3-5-12(11)17/h2-5,7H,6,8H2,1H3. The maximum absolute atomic E-state index is 5.71. The predicted octanol–water partition coefficient (Wildman–Crippen LogP) is 4.53. The zero-order valence-electron chi connectivity index (χ0n) is 13.5. The van der Waals surface area contributed by atoms with Gasteiger partial charge in [-0.2, -0.15) is 0 Å². The minimum Gasteiger partial charge on any atom is -0.420 e. The van der Waals surface area contributed by atoms with E-state index in [9.17, 15) is 0 Å². The number of aromatic nitrogens is 5. The first-order valence-electron chi connectivity index (χ1n) is 7.61. The molecule has 26 heavy (non-hydrogen) atoms. The third-order valence-electron chi connectivity index (χ3n) is 3.34. The average molecular weight is 450 g/mol. The molecule has 132 valence electrons. The van der Waals surface area contributed by atoms with E-state index in [1.54, 1.807) is 11.3 Å². The van der Waals surface area contributed by atoms with Crippen molar-refractivity contribution in [2.24, 2.45) is 0 Å². The van der Waals surface area contributed by atoms with Crippen LogP contribution in [0.25, 0.3) is 11.5 Å². The van der Waals surface area contributed by atoms with Gasteiger partial charge < -0.3 is 8.83 Å². The van der Waals surface area contributed by atoms with Crippen LogP contribution in [0.4, 0.5) is 0 Å². The van der Waals surface area contributed by atoms with E-state index in [2.05, 4.69) is 41.3 Å². The van der Waals surface area contributed by atoms with Crippen LogP contribution in [-0.2, 0) is 12.2 Å². The summed E-state index contributed by atoms with van der Waals surface area (Å²) >= 11 is 6.44. The molecule has 4 aromatic rings. The number of rotatable bonds is 6. The van der Waals surface area contributed by atoms with Crippen LogP contribution >= 0.6 is 39.0 Å². The normalized spacial score (nSPS) is 11.2. The second kappa shape index (κ2) is 7.68. The van der Waals surface area contributed by atoms with Crippen molar-refractivity contribution < 1.29 is 8.83 Å². The number of nitrogens with zero attached hydrogens (tertiary/aromatic N) is 5. The van der Waals surface area contributed by atoms with Gasteiger partial charge in [-0.3, -0.25) is 0 Å². The minimum atomic E-state index is 0.453. The lowest BCUT2D eigenvalue weighted by Crippen LogP contribution is -1.88. The Morgan fingerprint density at radius 1 is 1.08 bits per heavy atom. The van der Waals surface area contributed by atoms with E-state index >= 15 is 0 Å². The second-order valence-electron chi connectivity index (χ2n) is 5.27. The summed E-state index contributed by atoms with van der Waals surface area (Å²) in [4.78, 5) is 4.39. The molecule has 4 rings (SSSR count). The van der Waals surface area contributed by atoms with E-state index in [0.29, 0.717) is 35.1 Å². The van der Waals surface area contributed by atoms with Gasteiger partial charge in [0.25, 0.3) is 5.22 Å². The van der Waals surface area contributed by atoms with Crippen LogP contribution in [0.3, 0.4) is 0 Å². The van der Waals surface area contributed by atoms with E-state index in [1.807, 2.05) is 36.6 Å². The maximum Gasteiger partial charge on any atom is 0.277 e. The number of thioether (sulfide) groups is 1. The van der Waals surface area contributed by atoms with Crippen LogP contribution in [0.1, 0.15) is 22.5 Å². The number of hydrogen-bond donors (Lipinski definition) is 0. The summed E-state index contributed by atoms with van der Waals surface area (Å²) in [5.41, 5.74) is 1.79. The first kappa shape index (κ1) is 17.4. The molecule has 0 aliphatic carbocycles. The molecular weight excluding hydrogens is 438 g/mol. The number of aryl methyl sites for hydroxylation is 1. The monoisotopic (exact) mass is 449 g/mol. The largest absolute Gasteiger partial charge is 0.420 e. The van der Waals surface area contributed by atoms with Crippen molar-refractivity contribution in [3.63, 3.8) is 0 Å². The molecule has 0 radical (unpaired) electrons. The van der Waals surface area contributed by atoms with Gasteiger partial charge in [-0.15, -0.1) is 31.7 Å².